The smallest absolute Gasteiger partial charge is 0.307 e. The van der Waals surface area contributed by atoms with Crippen molar-refractivity contribution in [3.63, 3.8) is 0 Å². The Morgan fingerprint density at radius 1 is 1.15 bits per heavy atom. The lowest BCUT2D eigenvalue weighted by molar-refractivity contribution is -0.153. The third-order valence-corrected chi connectivity index (χ3v) is 4.73. The normalized spacial score (nSPS) is 11.7. The average Bonchev–Trinajstić information content (AvgIpc) is 2.93. The molecule has 0 aliphatic heterocycles. The molecule has 1 heterocycles. The van der Waals surface area contributed by atoms with Gasteiger partial charge in [0.15, 0.2) is 11.9 Å². The Balaban J connectivity index is 1.84. The summed E-state index contributed by atoms with van der Waals surface area (Å²) >= 11 is 1.51. The third kappa shape index (κ3) is 5.68. The van der Waals surface area contributed by atoms with Gasteiger partial charge in [-0.15, -0.1) is 11.3 Å². The minimum Gasteiger partial charge on any atom is -0.453 e. The zero-order valence-electron chi connectivity index (χ0n) is 15.1. The number of carbonyl (C=O) groups is 3. The molecule has 1 N–H and O–H groups in total. The quantitative estimate of drug-likeness (QED) is 0.564. The van der Waals surface area contributed by atoms with Gasteiger partial charge in [-0.1, -0.05) is 0 Å². The maximum Gasteiger partial charge on any atom is 0.307 e. The molecule has 0 radical (unpaired) electrons. The topological polar surface area (TPSA) is 72.5 Å². The summed E-state index contributed by atoms with van der Waals surface area (Å²) in [6, 6.07) is 4.48. The van der Waals surface area contributed by atoms with Gasteiger partial charge in [-0.3, -0.25) is 14.4 Å². The van der Waals surface area contributed by atoms with Gasteiger partial charge in [0.1, 0.15) is 11.6 Å². The molecule has 2 rings (SSSR count). The molecule has 27 heavy (non-hydrogen) atoms. The van der Waals surface area contributed by atoms with E-state index in [4.69, 9.17) is 4.74 Å². The average molecular weight is 395 g/mol. The minimum absolute atomic E-state index is 0.0310. The van der Waals surface area contributed by atoms with Crippen LogP contribution in [0, 0.1) is 25.5 Å². The van der Waals surface area contributed by atoms with Crippen LogP contribution in [-0.4, -0.2) is 23.8 Å². The molecular formula is C19H19F2NO4S. The van der Waals surface area contributed by atoms with Crippen LogP contribution < -0.4 is 5.32 Å². The summed E-state index contributed by atoms with van der Waals surface area (Å²) in [6.07, 6.45) is -1.39. The summed E-state index contributed by atoms with van der Waals surface area (Å²) < 4.78 is 31.4. The van der Waals surface area contributed by atoms with Crippen LogP contribution in [0.1, 0.15) is 39.9 Å². The van der Waals surface area contributed by atoms with Crippen molar-refractivity contribution in [3.05, 3.63) is 51.2 Å². The van der Waals surface area contributed by atoms with Crippen LogP contribution in [0.5, 0.6) is 0 Å². The Hall–Kier alpha value is -2.61. The molecule has 5 nitrogen and oxygen atoms in total. The van der Waals surface area contributed by atoms with E-state index in [-0.39, 0.29) is 24.3 Å². The monoisotopic (exact) mass is 395 g/mol. The Kier molecular flexibility index (Phi) is 6.79. The standard InChI is InChI=1S/C19H19F2NO4S/c1-10-8-14(12(3)27-10)17(23)6-7-18(24)26-11(2)19(25)22-16-5-4-13(20)9-15(16)21/h4-5,8-9,11H,6-7H2,1-3H3,(H,22,25)/t11-/m1/s1. The van der Waals surface area contributed by atoms with Gasteiger partial charge >= 0.3 is 5.97 Å². The minimum atomic E-state index is -1.19. The van der Waals surface area contributed by atoms with E-state index in [1.54, 1.807) is 6.07 Å². The SMILES string of the molecule is Cc1cc(C(=O)CCC(=O)O[C@H](C)C(=O)Nc2ccc(F)cc2F)c(C)s1. The fourth-order valence-electron chi connectivity index (χ4n) is 2.39. The first-order valence-electron chi connectivity index (χ1n) is 8.23. The number of benzene rings is 1. The molecule has 0 aliphatic rings. The van der Waals surface area contributed by atoms with E-state index in [2.05, 4.69) is 5.32 Å². The molecule has 0 aliphatic carbocycles. The van der Waals surface area contributed by atoms with Crippen molar-refractivity contribution in [2.45, 2.75) is 39.7 Å². The molecule has 0 fully saturated rings. The van der Waals surface area contributed by atoms with Gasteiger partial charge in [-0.2, -0.15) is 0 Å². The van der Waals surface area contributed by atoms with Gasteiger partial charge in [0.05, 0.1) is 12.1 Å². The van der Waals surface area contributed by atoms with Crippen LogP contribution in [0.2, 0.25) is 0 Å². The lowest BCUT2D eigenvalue weighted by atomic mass is 10.1. The van der Waals surface area contributed by atoms with Crippen LogP contribution in [0.4, 0.5) is 14.5 Å². The molecule has 0 saturated carbocycles. The second-order valence-electron chi connectivity index (χ2n) is 6.00. The van der Waals surface area contributed by atoms with E-state index in [9.17, 15) is 23.2 Å². The van der Waals surface area contributed by atoms with E-state index in [0.29, 0.717) is 11.6 Å². The van der Waals surface area contributed by atoms with Crippen LogP contribution in [0.15, 0.2) is 24.3 Å². The van der Waals surface area contributed by atoms with Gasteiger partial charge in [0.25, 0.3) is 5.91 Å². The summed E-state index contributed by atoms with van der Waals surface area (Å²) in [4.78, 5) is 37.9. The zero-order chi connectivity index (χ0) is 20.1. The number of halogens is 2. The van der Waals surface area contributed by atoms with Crippen molar-refractivity contribution >= 4 is 34.7 Å². The highest BCUT2D eigenvalue weighted by atomic mass is 32.1. The fourth-order valence-corrected chi connectivity index (χ4v) is 3.34. The molecule has 1 atom stereocenters. The number of nitrogens with one attached hydrogen (secondary N) is 1. The number of anilines is 1. The number of rotatable bonds is 7. The van der Waals surface area contributed by atoms with E-state index < -0.39 is 29.6 Å². The van der Waals surface area contributed by atoms with Crippen LogP contribution >= 0.6 is 11.3 Å². The Labute approximate surface area is 159 Å². The fraction of sp³-hybridized carbons (Fsp3) is 0.316. The van der Waals surface area contributed by atoms with Crippen molar-refractivity contribution in [1.82, 2.24) is 0 Å². The number of Topliss-reactive ketones (excluding diaryl/α,β-unsaturated/α-hetero) is 1. The lowest BCUT2D eigenvalue weighted by Gasteiger charge is -2.14. The summed E-state index contributed by atoms with van der Waals surface area (Å²) in [6.45, 7) is 5.06. The number of hydrogen-bond acceptors (Lipinski definition) is 5. The number of carbonyl (C=O) groups excluding carboxylic acids is 3. The van der Waals surface area contributed by atoms with E-state index >= 15 is 0 Å². The highest BCUT2D eigenvalue weighted by Gasteiger charge is 2.20. The summed E-state index contributed by atoms with van der Waals surface area (Å²) in [7, 11) is 0. The van der Waals surface area contributed by atoms with Crippen molar-refractivity contribution in [1.29, 1.82) is 0 Å². The highest BCUT2D eigenvalue weighted by molar-refractivity contribution is 7.12. The van der Waals surface area contributed by atoms with Crippen molar-refractivity contribution in [3.8, 4) is 0 Å². The number of amides is 1. The number of esters is 1. The first-order valence-corrected chi connectivity index (χ1v) is 9.04. The van der Waals surface area contributed by atoms with E-state index in [0.717, 1.165) is 21.9 Å². The van der Waals surface area contributed by atoms with Crippen LogP contribution in [-0.2, 0) is 14.3 Å². The second kappa shape index (κ2) is 8.85. The van der Waals surface area contributed by atoms with Gasteiger partial charge in [0, 0.05) is 27.8 Å². The van der Waals surface area contributed by atoms with Crippen LogP contribution in [0.3, 0.4) is 0 Å². The number of aryl methyl sites for hydroxylation is 2. The number of hydrogen-bond donors (Lipinski definition) is 1. The third-order valence-electron chi connectivity index (χ3n) is 3.76. The largest absolute Gasteiger partial charge is 0.453 e. The first kappa shape index (κ1) is 20.7. The molecular weight excluding hydrogens is 376 g/mol. The molecule has 2 aromatic rings. The predicted molar refractivity (Wildman–Crippen MR) is 97.9 cm³/mol. The van der Waals surface area contributed by atoms with Gasteiger partial charge < -0.3 is 10.1 Å². The number of ketones is 1. The summed E-state index contributed by atoms with van der Waals surface area (Å²) in [5, 5.41) is 2.22. The highest BCUT2D eigenvalue weighted by Crippen LogP contribution is 2.22. The van der Waals surface area contributed by atoms with Gasteiger partial charge in [-0.05, 0) is 39.0 Å². The first-order chi connectivity index (χ1) is 12.7. The van der Waals surface area contributed by atoms with Crippen molar-refractivity contribution < 1.29 is 27.9 Å². The van der Waals surface area contributed by atoms with E-state index in [1.807, 2.05) is 13.8 Å². The van der Waals surface area contributed by atoms with Crippen molar-refractivity contribution in [2.24, 2.45) is 0 Å². The van der Waals surface area contributed by atoms with Crippen LogP contribution in [0.25, 0.3) is 0 Å². The zero-order valence-corrected chi connectivity index (χ0v) is 15.9. The molecule has 1 aromatic heterocycles. The Morgan fingerprint density at radius 3 is 2.44 bits per heavy atom. The van der Waals surface area contributed by atoms with Gasteiger partial charge in [0.2, 0.25) is 0 Å². The molecule has 0 spiro atoms. The molecule has 0 bridgehead atoms. The molecule has 0 unspecified atom stereocenters. The summed E-state index contributed by atoms with van der Waals surface area (Å²) in [5.41, 5.74) is 0.366. The van der Waals surface area contributed by atoms with E-state index in [1.165, 1.54) is 18.3 Å². The van der Waals surface area contributed by atoms with Gasteiger partial charge in [-0.25, -0.2) is 8.78 Å². The number of ether oxygens (including phenoxy) is 1. The molecule has 8 heteroatoms. The predicted octanol–water partition coefficient (Wildman–Crippen LogP) is 4.18. The Morgan fingerprint density at radius 2 is 1.85 bits per heavy atom. The molecule has 1 aromatic carbocycles. The maximum atomic E-state index is 13.5. The van der Waals surface area contributed by atoms with Crippen molar-refractivity contribution in [2.75, 3.05) is 5.32 Å². The molecule has 1 amide bonds. The summed E-state index contributed by atoms with van der Waals surface area (Å²) in [5.74, 6) is -3.35. The maximum absolute atomic E-state index is 13.5. The Bertz CT molecular complexity index is 879. The second-order valence-corrected chi connectivity index (χ2v) is 7.46. The molecule has 0 saturated heterocycles. The lowest BCUT2D eigenvalue weighted by Crippen LogP contribution is -2.30. The molecule has 144 valence electrons. The number of thiophene rings is 1.